The number of nitrogens with zero attached hydrogens (tertiary/aromatic N) is 3. The minimum Gasteiger partial charge on any atom is -0.352 e. The molecular formula is C19H18N4O3S. The molecule has 0 atom stereocenters. The van der Waals surface area contributed by atoms with Gasteiger partial charge in [0.2, 0.25) is 0 Å². The first-order chi connectivity index (χ1) is 13.1. The van der Waals surface area contributed by atoms with Crippen molar-refractivity contribution in [1.82, 2.24) is 14.9 Å². The van der Waals surface area contributed by atoms with Crippen LogP contribution >= 0.6 is 11.8 Å². The zero-order valence-corrected chi connectivity index (χ0v) is 15.3. The van der Waals surface area contributed by atoms with Crippen LogP contribution in [0.4, 0.5) is 5.69 Å². The van der Waals surface area contributed by atoms with Crippen molar-refractivity contribution in [3.8, 4) is 5.69 Å². The molecule has 7 nitrogen and oxygen atoms in total. The van der Waals surface area contributed by atoms with Gasteiger partial charge in [0, 0.05) is 35.5 Å². The van der Waals surface area contributed by atoms with Gasteiger partial charge in [-0.3, -0.25) is 14.9 Å². The number of carbonyl (C=O) groups is 1. The van der Waals surface area contributed by atoms with Crippen LogP contribution in [0.2, 0.25) is 0 Å². The second-order valence-electron chi connectivity index (χ2n) is 5.70. The number of nitrogens with one attached hydrogen (secondary N) is 1. The Morgan fingerprint density at radius 1 is 1.22 bits per heavy atom. The van der Waals surface area contributed by atoms with Crippen LogP contribution in [0.15, 0.2) is 72.1 Å². The highest BCUT2D eigenvalue weighted by atomic mass is 32.2. The third kappa shape index (κ3) is 4.95. The average Bonchev–Trinajstić information content (AvgIpc) is 3.22. The van der Waals surface area contributed by atoms with E-state index in [0.29, 0.717) is 12.2 Å². The van der Waals surface area contributed by atoms with E-state index in [1.165, 1.54) is 23.5 Å². The van der Waals surface area contributed by atoms with Crippen LogP contribution in [0.5, 0.6) is 0 Å². The fourth-order valence-corrected chi connectivity index (χ4v) is 3.39. The lowest BCUT2D eigenvalue weighted by atomic mass is 10.1. The summed E-state index contributed by atoms with van der Waals surface area (Å²) >= 11 is 1.73. The Bertz CT molecular complexity index is 914. The fraction of sp³-hybridized carbons (Fsp3) is 0.158. The molecule has 0 bridgehead atoms. The SMILES string of the molecule is O=C(NCCCSc1ccccc1)c1ccc(-n2ccnc2)c([N+](=O)[O-])c1. The molecule has 0 aliphatic rings. The number of thioether (sulfide) groups is 1. The fourth-order valence-electron chi connectivity index (χ4n) is 2.51. The molecule has 0 spiro atoms. The molecule has 0 fully saturated rings. The van der Waals surface area contributed by atoms with Gasteiger partial charge in [-0.05, 0) is 36.4 Å². The highest BCUT2D eigenvalue weighted by Crippen LogP contribution is 2.24. The number of hydrogen-bond donors (Lipinski definition) is 1. The molecule has 8 heteroatoms. The molecule has 1 aromatic heterocycles. The largest absolute Gasteiger partial charge is 0.352 e. The van der Waals surface area contributed by atoms with Crippen molar-refractivity contribution >= 4 is 23.4 Å². The average molecular weight is 382 g/mol. The summed E-state index contributed by atoms with van der Waals surface area (Å²) in [6.07, 6.45) is 5.44. The molecule has 0 saturated heterocycles. The van der Waals surface area contributed by atoms with Crippen LogP contribution in [-0.4, -0.2) is 32.7 Å². The molecule has 27 heavy (non-hydrogen) atoms. The van der Waals surface area contributed by atoms with Crippen molar-refractivity contribution in [2.75, 3.05) is 12.3 Å². The van der Waals surface area contributed by atoms with Crippen molar-refractivity contribution in [2.24, 2.45) is 0 Å². The van der Waals surface area contributed by atoms with Gasteiger partial charge in [0.15, 0.2) is 0 Å². The number of carbonyl (C=O) groups excluding carboxylic acids is 1. The topological polar surface area (TPSA) is 90.1 Å². The van der Waals surface area contributed by atoms with Gasteiger partial charge in [0.05, 0.1) is 11.3 Å². The molecule has 2 aromatic carbocycles. The van der Waals surface area contributed by atoms with E-state index in [4.69, 9.17) is 0 Å². The number of imidazole rings is 1. The van der Waals surface area contributed by atoms with Gasteiger partial charge in [-0.25, -0.2) is 4.98 Å². The minimum atomic E-state index is -0.497. The molecule has 1 heterocycles. The third-order valence-corrected chi connectivity index (χ3v) is 4.93. The van der Waals surface area contributed by atoms with E-state index in [2.05, 4.69) is 10.3 Å². The quantitative estimate of drug-likeness (QED) is 0.278. The molecule has 3 rings (SSSR count). The maximum Gasteiger partial charge on any atom is 0.294 e. The number of rotatable bonds is 8. The summed E-state index contributed by atoms with van der Waals surface area (Å²) in [7, 11) is 0. The number of amides is 1. The predicted molar refractivity (Wildman–Crippen MR) is 104 cm³/mol. The lowest BCUT2D eigenvalue weighted by molar-refractivity contribution is -0.384. The first-order valence-corrected chi connectivity index (χ1v) is 9.36. The van der Waals surface area contributed by atoms with Crippen molar-refractivity contribution in [2.45, 2.75) is 11.3 Å². The monoisotopic (exact) mass is 382 g/mol. The Kier molecular flexibility index (Phi) is 6.22. The maximum atomic E-state index is 12.3. The van der Waals surface area contributed by atoms with Crippen LogP contribution in [-0.2, 0) is 0 Å². The predicted octanol–water partition coefficient (Wildman–Crippen LogP) is 3.69. The van der Waals surface area contributed by atoms with E-state index in [-0.39, 0.29) is 17.2 Å². The summed E-state index contributed by atoms with van der Waals surface area (Å²) in [4.78, 5) is 28.2. The van der Waals surface area contributed by atoms with Crippen LogP contribution in [0.25, 0.3) is 5.69 Å². The molecule has 138 valence electrons. The van der Waals surface area contributed by atoms with Crippen LogP contribution in [0, 0.1) is 10.1 Å². The van der Waals surface area contributed by atoms with Gasteiger partial charge in [0.25, 0.3) is 11.6 Å². The van der Waals surface area contributed by atoms with Crippen molar-refractivity contribution < 1.29 is 9.72 Å². The Labute approximate surface area is 160 Å². The van der Waals surface area contributed by atoms with Crippen molar-refractivity contribution in [1.29, 1.82) is 0 Å². The summed E-state index contributed by atoms with van der Waals surface area (Å²) in [5, 5.41) is 14.2. The Hall–Kier alpha value is -3.13. The van der Waals surface area contributed by atoms with Gasteiger partial charge in [-0.1, -0.05) is 18.2 Å². The number of nitro groups is 1. The molecule has 1 amide bonds. The Morgan fingerprint density at radius 2 is 2.04 bits per heavy atom. The second kappa shape index (κ2) is 9.00. The third-order valence-electron chi connectivity index (χ3n) is 3.84. The first-order valence-electron chi connectivity index (χ1n) is 8.38. The zero-order chi connectivity index (χ0) is 19.1. The molecule has 1 N–H and O–H groups in total. The first kappa shape index (κ1) is 18.7. The van der Waals surface area contributed by atoms with Crippen LogP contribution in [0.1, 0.15) is 16.8 Å². The molecule has 0 unspecified atom stereocenters. The smallest absolute Gasteiger partial charge is 0.294 e. The van der Waals surface area contributed by atoms with Crippen molar-refractivity contribution in [3.05, 3.63) is 82.9 Å². The maximum absolute atomic E-state index is 12.3. The Morgan fingerprint density at radius 3 is 2.74 bits per heavy atom. The molecule has 0 aliphatic carbocycles. The molecule has 3 aromatic rings. The van der Waals surface area contributed by atoms with Gasteiger partial charge in [0.1, 0.15) is 5.69 Å². The van der Waals surface area contributed by atoms with E-state index in [0.717, 1.165) is 12.2 Å². The van der Waals surface area contributed by atoms with Crippen LogP contribution in [0.3, 0.4) is 0 Å². The van der Waals surface area contributed by atoms with E-state index in [9.17, 15) is 14.9 Å². The van der Waals surface area contributed by atoms with E-state index < -0.39 is 4.92 Å². The second-order valence-corrected chi connectivity index (χ2v) is 6.87. The Balaban J connectivity index is 1.56. The lowest BCUT2D eigenvalue weighted by Crippen LogP contribution is -2.25. The summed E-state index contributed by atoms with van der Waals surface area (Å²) in [6.45, 7) is 0.510. The lowest BCUT2D eigenvalue weighted by Gasteiger charge is -2.08. The van der Waals surface area contributed by atoms with E-state index in [1.807, 2.05) is 30.3 Å². The number of nitro benzene ring substituents is 1. The normalized spacial score (nSPS) is 10.5. The molecule has 0 saturated carbocycles. The number of hydrogen-bond acceptors (Lipinski definition) is 5. The standard InChI is InChI=1S/C19H18N4O3S/c24-19(21-9-4-12-27-16-5-2-1-3-6-16)15-7-8-17(18(13-15)23(25)26)22-11-10-20-14-22/h1-3,5-8,10-11,13-14H,4,9,12H2,(H,21,24). The number of benzene rings is 2. The number of aromatic nitrogens is 2. The minimum absolute atomic E-state index is 0.139. The summed E-state index contributed by atoms with van der Waals surface area (Å²) < 4.78 is 1.54. The van der Waals surface area contributed by atoms with Crippen molar-refractivity contribution in [3.63, 3.8) is 0 Å². The van der Waals surface area contributed by atoms with E-state index >= 15 is 0 Å². The van der Waals surface area contributed by atoms with Gasteiger partial charge < -0.3 is 9.88 Å². The van der Waals surface area contributed by atoms with Gasteiger partial charge in [-0.2, -0.15) is 0 Å². The molecule has 0 radical (unpaired) electrons. The van der Waals surface area contributed by atoms with E-state index in [1.54, 1.807) is 34.7 Å². The van der Waals surface area contributed by atoms with Gasteiger partial charge in [-0.15, -0.1) is 11.8 Å². The summed E-state index contributed by atoms with van der Waals surface area (Å²) in [5.41, 5.74) is 0.495. The summed E-state index contributed by atoms with van der Waals surface area (Å²) in [5.74, 6) is 0.560. The highest BCUT2D eigenvalue weighted by Gasteiger charge is 2.18. The van der Waals surface area contributed by atoms with Gasteiger partial charge >= 0.3 is 0 Å². The molecule has 0 aliphatic heterocycles. The summed E-state index contributed by atoms with van der Waals surface area (Å²) in [6, 6.07) is 14.5. The molecular weight excluding hydrogens is 364 g/mol. The zero-order valence-electron chi connectivity index (χ0n) is 14.4. The van der Waals surface area contributed by atoms with Crippen LogP contribution < -0.4 is 5.32 Å². The highest BCUT2D eigenvalue weighted by molar-refractivity contribution is 7.99.